The molecule has 0 saturated carbocycles. The van der Waals surface area contributed by atoms with Crippen molar-refractivity contribution in [3.05, 3.63) is 72.3 Å². The number of nitrogens with zero attached hydrogens (tertiary/aromatic N) is 1. The van der Waals surface area contributed by atoms with Crippen LogP contribution in [0, 0.1) is 0 Å². The van der Waals surface area contributed by atoms with Gasteiger partial charge in [-0.2, -0.15) is 0 Å². The monoisotopic (exact) mass is 387 g/mol. The van der Waals surface area contributed by atoms with Crippen molar-refractivity contribution in [1.82, 2.24) is 9.62 Å². The van der Waals surface area contributed by atoms with Crippen molar-refractivity contribution in [2.45, 2.75) is 4.90 Å². The number of carbonyl (C=O) groups is 2. The molecule has 8 heteroatoms. The summed E-state index contributed by atoms with van der Waals surface area (Å²) < 4.78 is 26.4. The highest BCUT2D eigenvalue weighted by Crippen LogP contribution is 2.15. The van der Waals surface area contributed by atoms with E-state index in [4.69, 9.17) is 0 Å². The van der Waals surface area contributed by atoms with E-state index in [1.165, 1.54) is 35.2 Å². The highest BCUT2D eigenvalue weighted by Gasteiger charge is 2.14. The second-order valence-corrected chi connectivity index (χ2v) is 7.67. The first kappa shape index (κ1) is 20.3. The van der Waals surface area contributed by atoms with E-state index in [1.54, 1.807) is 38.4 Å². The standard InChI is InChI=1S/C19H21N3O4S/c1-4-12-20-27(25,26)17-10-8-14(9-11-17)18(23)21-16-7-5-6-15(13-16)19(24)22(2)3/h4-11,13,20H,1,12H2,2-3H3,(H,21,23). The molecule has 27 heavy (non-hydrogen) atoms. The Labute approximate surface area is 158 Å². The van der Waals surface area contributed by atoms with E-state index in [2.05, 4.69) is 16.6 Å². The van der Waals surface area contributed by atoms with Crippen molar-refractivity contribution in [3.8, 4) is 0 Å². The lowest BCUT2D eigenvalue weighted by Crippen LogP contribution is -2.23. The van der Waals surface area contributed by atoms with Gasteiger partial charge in [-0.1, -0.05) is 12.1 Å². The molecular weight excluding hydrogens is 366 g/mol. The Balaban J connectivity index is 2.14. The first-order chi connectivity index (χ1) is 12.7. The maximum atomic E-state index is 12.4. The normalized spacial score (nSPS) is 10.9. The average molecular weight is 387 g/mol. The summed E-state index contributed by atoms with van der Waals surface area (Å²) in [4.78, 5) is 25.9. The molecule has 7 nitrogen and oxygen atoms in total. The van der Waals surface area contributed by atoms with Gasteiger partial charge in [0.15, 0.2) is 0 Å². The first-order valence-corrected chi connectivity index (χ1v) is 9.56. The fourth-order valence-corrected chi connectivity index (χ4v) is 3.23. The molecule has 0 aliphatic heterocycles. The van der Waals surface area contributed by atoms with Gasteiger partial charge in [0, 0.05) is 37.5 Å². The van der Waals surface area contributed by atoms with Crippen LogP contribution in [0.2, 0.25) is 0 Å². The summed E-state index contributed by atoms with van der Waals surface area (Å²) in [5, 5.41) is 2.70. The Morgan fingerprint density at radius 2 is 1.74 bits per heavy atom. The summed E-state index contributed by atoms with van der Waals surface area (Å²) in [5.41, 5.74) is 1.21. The molecule has 0 unspecified atom stereocenters. The molecule has 0 saturated heterocycles. The van der Waals surface area contributed by atoms with E-state index < -0.39 is 15.9 Å². The van der Waals surface area contributed by atoms with Crippen molar-refractivity contribution >= 4 is 27.5 Å². The lowest BCUT2D eigenvalue weighted by Gasteiger charge is -2.12. The van der Waals surface area contributed by atoms with Gasteiger partial charge in [-0.3, -0.25) is 9.59 Å². The minimum Gasteiger partial charge on any atom is -0.345 e. The minimum atomic E-state index is -3.64. The van der Waals surface area contributed by atoms with Crippen LogP contribution in [0.5, 0.6) is 0 Å². The molecule has 2 aromatic rings. The van der Waals surface area contributed by atoms with E-state index >= 15 is 0 Å². The Kier molecular flexibility index (Phi) is 6.49. The maximum absolute atomic E-state index is 12.4. The van der Waals surface area contributed by atoms with Gasteiger partial charge < -0.3 is 10.2 Å². The van der Waals surface area contributed by atoms with Gasteiger partial charge in [0.2, 0.25) is 10.0 Å². The zero-order valence-corrected chi connectivity index (χ0v) is 15.9. The second-order valence-electron chi connectivity index (χ2n) is 5.90. The van der Waals surface area contributed by atoms with Crippen LogP contribution in [-0.4, -0.2) is 45.8 Å². The van der Waals surface area contributed by atoms with Gasteiger partial charge >= 0.3 is 0 Å². The predicted molar refractivity (Wildman–Crippen MR) is 104 cm³/mol. The molecule has 0 fully saturated rings. The molecule has 142 valence electrons. The van der Waals surface area contributed by atoms with E-state index in [9.17, 15) is 18.0 Å². The predicted octanol–water partition coefficient (Wildman–Crippen LogP) is 2.11. The molecule has 2 N–H and O–H groups in total. The van der Waals surface area contributed by atoms with Gasteiger partial charge in [0.25, 0.3) is 11.8 Å². The van der Waals surface area contributed by atoms with Gasteiger partial charge in [-0.05, 0) is 42.5 Å². The van der Waals surface area contributed by atoms with Crippen LogP contribution in [-0.2, 0) is 10.0 Å². The third-order valence-corrected chi connectivity index (χ3v) is 5.06. The highest BCUT2D eigenvalue weighted by atomic mass is 32.2. The van der Waals surface area contributed by atoms with Gasteiger partial charge in [-0.25, -0.2) is 13.1 Å². The summed E-state index contributed by atoms with van der Waals surface area (Å²) in [5.74, 6) is -0.583. The number of hydrogen-bond acceptors (Lipinski definition) is 4. The maximum Gasteiger partial charge on any atom is 0.255 e. The molecule has 0 aliphatic carbocycles. The van der Waals surface area contributed by atoms with E-state index in [1.807, 2.05) is 0 Å². The molecule has 2 rings (SSSR count). The largest absolute Gasteiger partial charge is 0.345 e. The van der Waals surface area contributed by atoms with Crippen LogP contribution in [0.25, 0.3) is 0 Å². The van der Waals surface area contributed by atoms with Gasteiger partial charge in [-0.15, -0.1) is 6.58 Å². The summed E-state index contributed by atoms with van der Waals surface area (Å²) in [7, 11) is -0.350. The number of hydrogen-bond donors (Lipinski definition) is 2. The van der Waals surface area contributed by atoms with Crippen molar-refractivity contribution in [2.24, 2.45) is 0 Å². The van der Waals surface area contributed by atoms with Crippen molar-refractivity contribution in [3.63, 3.8) is 0 Å². The Morgan fingerprint density at radius 1 is 1.07 bits per heavy atom. The third-order valence-electron chi connectivity index (χ3n) is 3.62. The van der Waals surface area contributed by atoms with E-state index in [0.717, 1.165) is 0 Å². The summed E-state index contributed by atoms with van der Waals surface area (Å²) >= 11 is 0. The molecule has 0 aromatic heterocycles. The van der Waals surface area contributed by atoms with Crippen LogP contribution in [0.15, 0.2) is 66.1 Å². The first-order valence-electron chi connectivity index (χ1n) is 8.08. The number of benzene rings is 2. The number of amides is 2. The minimum absolute atomic E-state index is 0.0551. The molecule has 2 amide bonds. The number of carbonyl (C=O) groups excluding carboxylic acids is 2. The zero-order valence-electron chi connectivity index (χ0n) is 15.1. The highest BCUT2D eigenvalue weighted by molar-refractivity contribution is 7.89. The number of anilines is 1. The van der Waals surface area contributed by atoms with E-state index in [-0.39, 0.29) is 17.3 Å². The third kappa shape index (κ3) is 5.25. The molecule has 0 radical (unpaired) electrons. The van der Waals surface area contributed by atoms with Gasteiger partial charge in [0.1, 0.15) is 0 Å². The molecule has 0 heterocycles. The number of sulfonamides is 1. The summed E-state index contributed by atoms with van der Waals surface area (Å²) in [6.07, 6.45) is 1.44. The van der Waals surface area contributed by atoms with Crippen molar-refractivity contribution in [2.75, 3.05) is 26.0 Å². The van der Waals surface area contributed by atoms with Crippen LogP contribution >= 0.6 is 0 Å². The van der Waals surface area contributed by atoms with Crippen molar-refractivity contribution < 1.29 is 18.0 Å². The lowest BCUT2D eigenvalue weighted by molar-refractivity contribution is 0.0827. The van der Waals surface area contributed by atoms with Crippen LogP contribution in [0.4, 0.5) is 5.69 Å². The Hall–Kier alpha value is -2.97. The summed E-state index contributed by atoms with van der Waals surface area (Å²) in [6.45, 7) is 3.58. The molecule has 2 aromatic carbocycles. The molecule has 0 bridgehead atoms. The average Bonchev–Trinajstić information content (AvgIpc) is 2.66. The van der Waals surface area contributed by atoms with Crippen LogP contribution in [0.3, 0.4) is 0 Å². The quantitative estimate of drug-likeness (QED) is 0.711. The lowest BCUT2D eigenvalue weighted by atomic mass is 10.1. The number of rotatable bonds is 7. The van der Waals surface area contributed by atoms with E-state index in [0.29, 0.717) is 16.8 Å². The topological polar surface area (TPSA) is 95.6 Å². The fraction of sp³-hybridized carbons (Fsp3) is 0.158. The molecule has 0 aliphatic rings. The molecular formula is C19H21N3O4S. The second kappa shape index (κ2) is 8.61. The smallest absolute Gasteiger partial charge is 0.255 e. The SMILES string of the molecule is C=CCNS(=O)(=O)c1ccc(C(=O)Nc2cccc(C(=O)N(C)C)c2)cc1. The number of nitrogens with one attached hydrogen (secondary N) is 2. The molecule has 0 atom stereocenters. The van der Waals surface area contributed by atoms with Crippen LogP contribution < -0.4 is 10.0 Å². The van der Waals surface area contributed by atoms with Crippen molar-refractivity contribution in [1.29, 1.82) is 0 Å². The molecule has 0 spiro atoms. The fourth-order valence-electron chi connectivity index (χ4n) is 2.23. The van der Waals surface area contributed by atoms with Crippen LogP contribution in [0.1, 0.15) is 20.7 Å². The Morgan fingerprint density at radius 3 is 2.33 bits per heavy atom. The van der Waals surface area contributed by atoms with Gasteiger partial charge in [0.05, 0.1) is 4.90 Å². The summed E-state index contributed by atoms with van der Waals surface area (Å²) in [6, 6.07) is 12.1. The zero-order chi connectivity index (χ0) is 20.0. The Bertz CT molecular complexity index is 951.